The second kappa shape index (κ2) is 7.17. The standard InChI is InChI=1S/C22H29NO4/c1-23(13-18-5-3-4-6-19(18)26-2)20(24)14-27-21(25)22-10-15-7-16(11-22)9-17(8-15)12-22/h3-6,15-17H,7-14H2,1-2H3. The van der Waals surface area contributed by atoms with E-state index in [0.29, 0.717) is 24.3 Å². The minimum absolute atomic E-state index is 0.138. The molecule has 0 N–H and O–H groups in total. The van der Waals surface area contributed by atoms with Crippen molar-refractivity contribution in [2.45, 2.75) is 45.1 Å². The molecule has 5 heteroatoms. The van der Waals surface area contributed by atoms with Crippen molar-refractivity contribution in [3.63, 3.8) is 0 Å². The molecule has 1 amide bonds. The van der Waals surface area contributed by atoms with Gasteiger partial charge in [0.15, 0.2) is 6.61 Å². The van der Waals surface area contributed by atoms with Crippen molar-refractivity contribution < 1.29 is 19.1 Å². The predicted molar refractivity (Wildman–Crippen MR) is 101 cm³/mol. The van der Waals surface area contributed by atoms with Crippen LogP contribution in [0.25, 0.3) is 0 Å². The molecule has 0 spiro atoms. The molecule has 27 heavy (non-hydrogen) atoms. The Morgan fingerprint density at radius 2 is 1.67 bits per heavy atom. The highest BCUT2D eigenvalue weighted by atomic mass is 16.5. The van der Waals surface area contributed by atoms with Crippen LogP contribution in [0.2, 0.25) is 0 Å². The average molecular weight is 371 g/mol. The highest BCUT2D eigenvalue weighted by Crippen LogP contribution is 2.60. The summed E-state index contributed by atoms with van der Waals surface area (Å²) in [6, 6.07) is 7.63. The Morgan fingerprint density at radius 1 is 1.07 bits per heavy atom. The highest BCUT2D eigenvalue weighted by Gasteiger charge is 2.55. The number of hydrogen-bond acceptors (Lipinski definition) is 4. The molecule has 4 fully saturated rings. The lowest BCUT2D eigenvalue weighted by molar-refractivity contribution is -0.174. The number of para-hydroxylation sites is 1. The van der Waals surface area contributed by atoms with Crippen molar-refractivity contribution in [2.75, 3.05) is 20.8 Å². The third-order valence-corrected chi connectivity index (χ3v) is 6.82. The van der Waals surface area contributed by atoms with Gasteiger partial charge in [0.25, 0.3) is 5.91 Å². The molecule has 0 unspecified atom stereocenters. The van der Waals surface area contributed by atoms with Gasteiger partial charge in [-0.1, -0.05) is 18.2 Å². The third-order valence-electron chi connectivity index (χ3n) is 6.82. The molecule has 4 saturated carbocycles. The maximum atomic E-state index is 12.9. The fourth-order valence-corrected chi connectivity index (χ4v) is 5.93. The first kappa shape index (κ1) is 18.3. The zero-order valence-corrected chi connectivity index (χ0v) is 16.3. The molecular formula is C22H29NO4. The van der Waals surface area contributed by atoms with Crippen molar-refractivity contribution in [1.29, 1.82) is 0 Å². The summed E-state index contributed by atoms with van der Waals surface area (Å²) in [7, 11) is 3.35. The van der Waals surface area contributed by atoms with Crippen molar-refractivity contribution in [2.24, 2.45) is 23.2 Å². The van der Waals surface area contributed by atoms with E-state index in [4.69, 9.17) is 9.47 Å². The van der Waals surface area contributed by atoms with Gasteiger partial charge in [-0.25, -0.2) is 0 Å². The summed E-state index contributed by atoms with van der Waals surface area (Å²) in [6.07, 6.45) is 6.74. The average Bonchev–Trinajstić information content (AvgIpc) is 2.65. The number of ether oxygens (including phenoxy) is 2. The number of nitrogens with zero attached hydrogens (tertiary/aromatic N) is 1. The first-order valence-corrected chi connectivity index (χ1v) is 10.0. The van der Waals surface area contributed by atoms with Crippen molar-refractivity contribution in [3.05, 3.63) is 29.8 Å². The fraction of sp³-hybridized carbons (Fsp3) is 0.636. The van der Waals surface area contributed by atoms with Crippen LogP contribution in [0.5, 0.6) is 5.75 Å². The van der Waals surface area contributed by atoms with Gasteiger partial charge >= 0.3 is 5.97 Å². The SMILES string of the molecule is COc1ccccc1CN(C)C(=O)COC(=O)C12CC3CC(CC(C3)C1)C2. The maximum absolute atomic E-state index is 12.9. The number of carbonyl (C=O) groups excluding carboxylic acids is 2. The summed E-state index contributed by atoms with van der Waals surface area (Å²) in [5.41, 5.74) is 0.624. The molecule has 0 heterocycles. The minimum atomic E-state index is -0.309. The number of likely N-dealkylation sites (N-methyl/N-ethyl adjacent to an activating group) is 1. The van der Waals surface area contributed by atoms with E-state index in [0.717, 1.165) is 30.6 Å². The van der Waals surface area contributed by atoms with E-state index < -0.39 is 0 Å². The van der Waals surface area contributed by atoms with Gasteiger partial charge in [-0.15, -0.1) is 0 Å². The lowest BCUT2D eigenvalue weighted by Crippen LogP contribution is -2.51. The van der Waals surface area contributed by atoms with E-state index in [9.17, 15) is 9.59 Å². The molecule has 4 bridgehead atoms. The minimum Gasteiger partial charge on any atom is -0.496 e. The second-order valence-corrected chi connectivity index (χ2v) is 8.84. The second-order valence-electron chi connectivity index (χ2n) is 8.84. The lowest BCUT2D eigenvalue weighted by Gasteiger charge is -2.55. The Kier molecular flexibility index (Phi) is 4.87. The topological polar surface area (TPSA) is 55.8 Å². The van der Waals surface area contributed by atoms with E-state index >= 15 is 0 Å². The summed E-state index contributed by atoms with van der Waals surface area (Å²) < 4.78 is 10.9. The first-order chi connectivity index (χ1) is 13.0. The van der Waals surface area contributed by atoms with E-state index in [-0.39, 0.29) is 23.9 Å². The van der Waals surface area contributed by atoms with Crippen LogP contribution in [0, 0.1) is 23.2 Å². The Balaban J connectivity index is 1.33. The van der Waals surface area contributed by atoms with Gasteiger partial charge in [0, 0.05) is 19.2 Å². The van der Waals surface area contributed by atoms with Gasteiger partial charge < -0.3 is 14.4 Å². The Hall–Kier alpha value is -2.04. The molecular weight excluding hydrogens is 342 g/mol. The Morgan fingerprint density at radius 3 is 2.26 bits per heavy atom. The molecule has 1 aromatic rings. The highest BCUT2D eigenvalue weighted by molar-refractivity contribution is 5.83. The summed E-state index contributed by atoms with van der Waals surface area (Å²) in [5.74, 6) is 2.50. The molecule has 5 rings (SSSR count). The Labute approximate surface area is 161 Å². The number of esters is 1. The van der Waals surface area contributed by atoms with E-state index in [1.165, 1.54) is 19.3 Å². The normalized spacial score (nSPS) is 30.8. The predicted octanol–water partition coefficient (Wildman–Crippen LogP) is 3.41. The van der Waals surface area contributed by atoms with Crippen LogP contribution in [0.3, 0.4) is 0 Å². The van der Waals surface area contributed by atoms with Crippen LogP contribution in [0.1, 0.15) is 44.1 Å². The molecule has 0 aliphatic heterocycles. The summed E-state index contributed by atoms with van der Waals surface area (Å²) in [5, 5.41) is 0. The zero-order chi connectivity index (χ0) is 19.0. The van der Waals surface area contributed by atoms with Crippen LogP contribution >= 0.6 is 0 Å². The molecule has 0 saturated heterocycles. The maximum Gasteiger partial charge on any atom is 0.312 e. The van der Waals surface area contributed by atoms with Gasteiger partial charge in [0.05, 0.1) is 12.5 Å². The van der Waals surface area contributed by atoms with Crippen LogP contribution in [0.4, 0.5) is 0 Å². The number of hydrogen-bond donors (Lipinski definition) is 0. The van der Waals surface area contributed by atoms with Gasteiger partial charge in [-0.05, 0) is 62.3 Å². The largest absolute Gasteiger partial charge is 0.496 e. The summed E-state index contributed by atoms with van der Waals surface area (Å²) >= 11 is 0. The molecule has 4 aliphatic carbocycles. The van der Waals surface area contributed by atoms with Gasteiger partial charge in [-0.2, -0.15) is 0 Å². The zero-order valence-electron chi connectivity index (χ0n) is 16.3. The van der Waals surface area contributed by atoms with Crippen molar-refractivity contribution >= 4 is 11.9 Å². The van der Waals surface area contributed by atoms with E-state index in [2.05, 4.69) is 0 Å². The Bertz CT molecular complexity index is 693. The van der Waals surface area contributed by atoms with Crippen LogP contribution in [-0.4, -0.2) is 37.5 Å². The third kappa shape index (κ3) is 3.56. The van der Waals surface area contributed by atoms with Crippen molar-refractivity contribution in [1.82, 2.24) is 4.90 Å². The monoisotopic (exact) mass is 371 g/mol. The summed E-state index contributed by atoms with van der Waals surface area (Å²) in [4.78, 5) is 26.9. The quantitative estimate of drug-likeness (QED) is 0.719. The first-order valence-electron chi connectivity index (χ1n) is 10.0. The molecule has 0 radical (unpaired) electrons. The van der Waals surface area contributed by atoms with Crippen molar-refractivity contribution in [3.8, 4) is 5.75 Å². The molecule has 0 aromatic heterocycles. The van der Waals surface area contributed by atoms with E-state index in [1.807, 2.05) is 24.3 Å². The number of rotatable bonds is 6. The lowest BCUT2D eigenvalue weighted by atomic mass is 9.49. The van der Waals surface area contributed by atoms with E-state index in [1.54, 1.807) is 19.1 Å². The van der Waals surface area contributed by atoms with Gasteiger partial charge in [-0.3, -0.25) is 9.59 Å². The smallest absolute Gasteiger partial charge is 0.312 e. The van der Waals surface area contributed by atoms with Crippen LogP contribution in [-0.2, 0) is 20.9 Å². The number of benzene rings is 1. The fourth-order valence-electron chi connectivity index (χ4n) is 5.93. The number of amides is 1. The summed E-state index contributed by atoms with van der Waals surface area (Å²) in [6.45, 7) is 0.254. The van der Waals surface area contributed by atoms with Gasteiger partial charge in [0.2, 0.25) is 0 Å². The molecule has 1 aromatic carbocycles. The van der Waals surface area contributed by atoms with Crippen LogP contribution < -0.4 is 4.74 Å². The molecule has 5 nitrogen and oxygen atoms in total. The number of methoxy groups -OCH3 is 1. The number of carbonyl (C=O) groups is 2. The van der Waals surface area contributed by atoms with Gasteiger partial charge in [0.1, 0.15) is 5.75 Å². The van der Waals surface area contributed by atoms with Crippen LogP contribution in [0.15, 0.2) is 24.3 Å². The molecule has 4 aliphatic rings. The molecule has 146 valence electrons. The molecule has 0 atom stereocenters.